The average Bonchev–Trinajstić information content (AvgIpc) is 3.26. The van der Waals surface area contributed by atoms with Crippen LogP contribution in [0.5, 0.6) is 11.5 Å². The maximum atomic E-state index is 5.69. The van der Waals surface area contributed by atoms with E-state index in [4.69, 9.17) is 20.2 Å². The molecule has 2 N–H and O–H groups in total. The molecule has 0 bridgehead atoms. The molecule has 2 aromatic carbocycles. The lowest BCUT2D eigenvalue weighted by molar-refractivity contribution is 0.174. The lowest BCUT2D eigenvalue weighted by Gasteiger charge is -2.10. The zero-order valence-electron chi connectivity index (χ0n) is 13.4. The summed E-state index contributed by atoms with van der Waals surface area (Å²) in [6.45, 7) is 1.68. The molecular formula is C19H19N3O2. The van der Waals surface area contributed by atoms with Gasteiger partial charge in [-0.15, -0.1) is 0 Å². The van der Waals surface area contributed by atoms with Gasteiger partial charge < -0.3 is 19.8 Å². The smallest absolute Gasteiger partial charge is 0.231 e. The number of rotatable bonds is 4. The van der Waals surface area contributed by atoms with Crippen molar-refractivity contribution in [2.75, 3.05) is 6.79 Å². The molecule has 5 rings (SSSR count). The topological polar surface area (TPSA) is 62.3 Å². The minimum absolute atomic E-state index is 0.290. The highest BCUT2D eigenvalue weighted by Crippen LogP contribution is 2.43. The van der Waals surface area contributed by atoms with Crippen LogP contribution < -0.4 is 15.2 Å². The van der Waals surface area contributed by atoms with E-state index in [1.807, 2.05) is 6.07 Å². The Morgan fingerprint density at radius 1 is 1.04 bits per heavy atom. The number of nitrogens with two attached hydrogens (primary N) is 1. The highest BCUT2D eigenvalue weighted by Gasteiger charge is 2.30. The van der Waals surface area contributed by atoms with E-state index in [2.05, 4.69) is 34.9 Å². The Balaban J connectivity index is 1.60. The Bertz CT molecular complexity index is 911. The predicted molar refractivity (Wildman–Crippen MR) is 91.3 cm³/mol. The molecule has 1 aliphatic heterocycles. The summed E-state index contributed by atoms with van der Waals surface area (Å²) in [5.41, 5.74) is 10.2. The van der Waals surface area contributed by atoms with E-state index in [-0.39, 0.29) is 6.79 Å². The molecule has 2 heterocycles. The van der Waals surface area contributed by atoms with Crippen LogP contribution in [-0.4, -0.2) is 16.3 Å². The Hall–Kier alpha value is -2.53. The fraction of sp³-hybridized carbons (Fsp3) is 0.316. The Morgan fingerprint density at radius 2 is 1.75 bits per heavy atom. The molecule has 0 radical (unpaired) electrons. The van der Waals surface area contributed by atoms with Gasteiger partial charge in [0.1, 0.15) is 5.82 Å². The largest absolute Gasteiger partial charge is 0.454 e. The first-order valence-electron chi connectivity index (χ1n) is 8.39. The van der Waals surface area contributed by atoms with Gasteiger partial charge in [-0.25, -0.2) is 4.98 Å². The number of ether oxygens (including phenoxy) is 2. The lowest BCUT2D eigenvalue weighted by atomic mass is 10.1. The van der Waals surface area contributed by atoms with Crippen molar-refractivity contribution in [2.45, 2.75) is 31.8 Å². The van der Waals surface area contributed by atoms with Gasteiger partial charge in [-0.05, 0) is 24.0 Å². The Morgan fingerprint density at radius 3 is 2.46 bits per heavy atom. The van der Waals surface area contributed by atoms with Crippen molar-refractivity contribution in [2.24, 2.45) is 5.73 Å². The molecule has 0 atom stereocenters. The van der Waals surface area contributed by atoms with Crippen molar-refractivity contribution in [1.29, 1.82) is 0 Å². The van der Waals surface area contributed by atoms with Gasteiger partial charge in [0.15, 0.2) is 11.5 Å². The second kappa shape index (κ2) is 5.24. The maximum absolute atomic E-state index is 5.69. The van der Waals surface area contributed by atoms with Crippen LogP contribution in [0.3, 0.4) is 0 Å². The zero-order chi connectivity index (χ0) is 16.1. The van der Waals surface area contributed by atoms with E-state index < -0.39 is 0 Å². The molecule has 0 amide bonds. The van der Waals surface area contributed by atoms with Gasteiger partial charge in [0, 0.05) is 31.1 Å². The molecule has 1 aromatic heterocycles. The first-order chi connectivity index (χ1) is 11.8. The molecular weight excluding hydrogens is 302 g/mol. The van der Waals surface area contributed by atoms with E-state index in [1.54, 1.807) is 0 Å². The summed E-state index contributed by atoms with van der Waals surface area (Å²) in [5, 5.41) is 0. The number of hydrogen-bond donors (Lipinski definition) is 1. The van der Waals surface area contributed by atoms with Crippen LogP contribution in [0.25, 0.3) is 11.0 Å². The third kappa shape index (κ3) is 2.24. The summed E-state index contributed by atoms with van der Waals surface area (Å²) in [4.78, 5) is 4.89. The van der Waals surface area contributed by atoms with Gasteiger partial charge in [0.05, 0.1) is 11.0 Å². The van der Waals surface area contributed by atoms with Crippen molar-refractivity contribution in [3.8, 4) is 11.5 Å². The molecule has 122 valence electrons. The van der Waals surface area contributed by atoms with Crippen LogP contribution in [0.15, 0.2) is 36.4 Å². The highest BCUT2D eigenvalue weighted by atomic mass is 16.7. The first-order valence-corrected chi connectivity index (χ1v) is 8.39. The number of nitrogens with zero attached hydrogens (tertiary/aromatic N) is 2. The van der Waals surface area contributed by atoms with Gasteiger partial charge in [-0.3, -0.25) is 0 Å². The van der Waals surface area contributed by atoms with Crippen LogP contribution in [0.1, 0.15) is 35.7 Å². The van der Waals surface area contributed by atoms with Crippen molar-refractivity contribution >= 4 is 11.0 Å². The minimum Gasteiger partial charge on any atom is -0.454 e. The number of imidazole rings is 1. The SMILES string of the molecule is NCc1ccc(Cn2c(C3CC3)nc3cc4c(cc32)OCO4)cc1. The van der Waals surface area contributed by atoms with Crippen LogP contribution in [0.2, 0.25) is 0 Å². The molecule has 1 aliphatic carbocycles. The molecule has 3 aromatic rings. The van der Waals surface area contributed by atoms with Gasteiger partial charge in [-0.1, -0.05) is 24.3 Å². The van der Waals surface area contributed by atoms with E-state index >= 15 is 0 Å². The summed E-state index contributed by atoms with van der Waals surface area (Å²) in [7, 11) is 0. The number of benzene rings is 2. The highest BCUT2D eigenvalue weighted by molar-refractivity contribution is 5.81. The van der Waals surface area contributed by atoms with Gasteiger partial charge in [-0.2, -0.15) is 0 Å². The standard InChI is InChI=1S/C19H19N3O2/c20-9-12-1-3-13(4-2-12)10-22-16-8-18-17(23-11-24-18)7-15(16)21-19(22)14-5-6-14/h1-4,7-8,14H,5-6,9-11,20H2. The summed E-state index contributed by atoms with van der Waals surface area (Å²) < 4.78 is 13.4. The van der Waals surface area contributed by atoms with Crippen LogP contribution in [-0.2, 0) is 13.1 Å². The second-order valence-corrected chi connectivity index (χ2v) is 6.55. The maximum Gasteiger partial charge on any atom is 0.231 e. The minimum atomic E-state index is 0.290. The third-order valence-corrected chi connectivity index (χ3v) is 4.81. The van der Waals surface area contributed by atoms with E-state index in [0.29, 0.717) is 12.5 Å². The normalized spacial score (nSPS) is 16.0. The Kier molecular flexibility index (Phi) is 3.03. The molecule has 5 heteroatoms. The fourth-order valence-corrected chi connectivity index (χ4v) is 3.32. The molecule has 2 aliphatic rings. The lowest BCUT2D eigenvalue weighted by Crippen LogP contribution is -2.05. The first kappa shape index (κ1) is 13.9. The van der Waals surface area contributed by atoms with Crippen molar-refractivity contribution < 1.29 is 9.47 Å². The third-order valence-electron chi connectivity index (χ3n) is 4.81. The molecule has 0 saturated heterocycles. The second-order valence-electron chi connectivity index (χ2n) is 6.55. The van der Waals surface area contributed by atoms with Gasteiger partial charge >= 0.3 is 0 Å². The molecule has 1 saturated carbocycles. The van der Waals surface area contributed by atoms with Crippen molar-refractivity contribution in [3.63, 3.8) is 0 Å². The van der Waals surface area contributed by atoms with Gasteiger partial charge in [0.2, 0.25) is 6.79 Å². The summed E-state index contributed by atoms with van der Waals surface area (Å²) >= 11 is 0. The molecule has 1 fully saturated rings. The van der Waals surface area contributed by atoms with Crippen LogP contribution in [0.4, 0.5) is 0 Å². The fourth-order valence-electron chi connectivity index (χ4n) is 3.32. The molecule has 0 spiro atoms. The van der Waals surface area contributed by atoms with Crippen LogP contribution in [0, 0.1) is 0 Å². The number of aromatic nitrogens is 2. The molecule has 5 nitrogen and oxygen atoms in total. The average molecular weight is 321 g/mol. The predicted octanol–water partition coefficient (Wildman–Crippen LogP) is 3.15. The van der Waals surface area contributed by atoms with Gasteiger partial charge in [0.25, 0.3) is 0 Å². The van der Waals surface area contributed by atoms with E-state index in [9.17, 15) is 0 Å². The number of fused-ring (bicyclic) bond motifs is 2. The van der Waals surface area contributed by atoms with Crippen molar-refractivity contribution in [3.05, 3.63) is 53.3 Å². The Labute approximate surface area is 140 Å². The quantitative estimate of drug-likeness (QED) is 0.802. The number of hydrogen-bond acceptors (Lipinski definition) is 4. The molecule has 24 heavy (non-hydrogen) atoms. The summed E-state index contributed by atoms with van der Waals surface area (Å²) in [6, 6.07) is 12.6. The monoisotopic (exact) mass is 321 g/mol. The van der Waals surface area contributed by atoms with Crippen molar-refractivity contribution in [1.82, 2.24) is 9.55 Å². The summed E-state index contributed by atoms with van der Waals surface area (Å²) in [6.07, 6.45) is 2.45. The molecule has 0 unspecified atom stereocenters. The summed E-state index contributed by atoms with van der Waals surface area (Å²) in [5.74, 6) is 3.36. The van der Waals surface area contributed by atoms with Crippen LogP contribution >= 0.6 is 0 Å². The van der Waals surface area contributed by atoms with E-state index in [1.165, 1.54) is 24.2 Å². The zero-order valence-corrected chi connectivity index (χ0v) is 13.4. The van der Waals surface area contributed by atoms with E-state index in [0.717, 1.165) is 34.6 Å².